The maximum atomic E-state index is 10.8. The Morgan fingerprint density at radius 2 is 2.11 bits per heavy atom. The Balaban J connectivity index is 2.25. The molecule has 0 aromatic heterocycles. The van der Waals surface area contributed by atoms with Crippen LogP contribution in [0.25, 0.3) is 0 Å². The van der Waals surface area contributed by atoms with Crippen molar-refractivity contribution >= 4 is 17.3 Å². The number of hydrogen-bond donors (Lipinski definition) is 1. The van der Waals surface area contributed by atoms with Gasteiger partial charge in [-0.1, -0.05) is 11.6 Å². The molecule has 0 spiro atoms. The van der Waals surface area contributed by atoms with Crippen LogP contribution in [-0.4, -0.2) is 18.1 Å². The highest BCUT2D eigenvalue weighted by molar-refractivity contribution is 6.31. The number of nitrogens with zero attached hydrogens (tertiary/aromatic N) is 1. The van der Waals surface area contributed by atoms with Crippen LogP contribution < -0.4 is 5.73 Å². The minimum Gasteiger partial charge on any atom is -0.381 e. The summed E-state index contributed by atoms with van der Waals surface area (Å²) in [5, 5.41) is 11.3. The number of nitro groups is 1. The van der Waals surface area contributed by atoms with Gasteiger partial charge in [-0.3, -0.25) is 10.1 Å². The van der Waals surface area contributed by atoms with Crippen LogP contribution in [0.2, 0.25) is 5.02 Å². The summed E-state index contributed by atoms with van der Waals surface area (Å²) < 4.78 is 5.28. The molecule has 5 nitrogen and oxygen atoms in total. The van der Waals surface area contributed by atoms with Crippen LogP contribution >= 0.6 is 11.6 Å². The standard InChI is InChI=1S/C12H15ClN2O3/c13-11-2-1-9(15(16)17)7-10(11)12(14)8-3-5-18-6-4-8/h1-2,7-8,12H,3-6,14H2/t12-/m1/s1. The van der Waals surface area contributed by atoms with Crippen molar-refractivity contribution < 1.29 is 9.66 Å². The number of hydrogen-bond acceptors (Lipinski definition) is 4. The largest absolute Gasteiger partial charge is 0.381 e. The number of rotatable bonds is 3. The molecule has 1 heterocycles. The van der Waals surface area contributed by atoms with E-state index in [-0.39, 0.29) is 17.6 Å². The van der Waals surface area contributed by atoms with E-state index in [0.717, 1.165) is 12.8 Å². The Hall–Kier alpha value is -1.17. The van der Waals surface area contributed by atoms with Crippen molar-refractivity contribution in [1.29, 1.82) is 0 Å². The van der Waals surface area contributed by atoms with E-state index in [1.165, 1.54) is 18.2 Å². The summed E-state index contributed by atoms with van der Waals surface area (Å²) in [6, 6.07) is 4.13. The average molecular weight is 271 g/mol. The van der Waals surface area contributed by atoms with Gasteiger partial charge in [0.05, 0.1) is 4.92 Å². The third kappa shape index (κ3) is 2.80. The highest BCUT2D eigenvalue weighted by Crippen LogP contribution is 2.33. The van der Waals surface area contributed by atoms with Gasteiger partial charge in [-0.05, 0) is 30.4 Å². The van der Waals surface area contributed by atoms with E-state index in [0.29, 0.717) is 23.8 Å². The fourth-order valence-electron chi connectivity index (χ4n) is 2.23. The van der Waals surface area contributed by atoms with Gasteiger partial charge in [-0.15, -0.1) is 0 Å². The summed E-state index contributed by atoms with van der Waals surface area (Å²) >= 11 is 6.08. The van der Waals surface area contributed by atoms with Gasteiger partial charge in [0.1, 0.15) is 0 Å². The van der Waals surface area contributed by atoms with Crippen LogP contribution in [0.4, 0.5) is 5.69 Å². The summed E-state index contributed by atoms with van der Waals surface area (Å²) in [4.78, 5) is 10.3. The molecule has 0 unspecified atom stereocenters. The molecular formula is C12H15ClN2O3. The van der Waals surface area contributed by atoms with Crippen LogP contribution in [0.5, 0.6) is 0 Å². The number of ether oxygens (including phenoxy) is 1. The van der Waals surface area contributed by atoms with Gasteiger partial charge in [0.2, 0.25) is 0 Å². The zero-order valence-corrected chi connectivity index (χ0v) is 10.6. The monoisotopic (exact) mass is 270 g/mol. The maximum Gasteiger partial charge on any atom is 0.269 e. The minimum absolute atomic E-state index is 0.0249. The third-order valence-corrected chi connectivity index (χ3v) is 3.67. The topological polar surface area (TPSA) is 78.4 Å². The van der Waals surface area contributed by atoms with E-state index in [1.807, 2.05) is 0 Å². The van der Waals surface area contributed by atoms with Gasteiger partial charge in [0.25, 0.3) is 5.69 Å². The maximum absolute atomic E-state index is 10.8. The van der Waals surface area contributed by atoms with E-state index in [4.69, 9.17) is 22.1 Å². The fraction of sp³-hybridized carbons (Fsp3) is 0.500. The van der Waals surface area contributed by atoms with Crippen molar-refractivity contribution in [2.45, 2.75) is 18.9 Å². The molecule has 2 N–H and O–H groups in total. The normalized spacial score (nSPS) is 18.6. The SMILES string of the molecule is N[C@@H](c1cc([N+](=O)[O-])ccc1Cl)C1CCOCC1. The summed E-state index contributed by atoms with van der Waals surface area (Å²) in [5.74, 6) is 0.262. The lowest BCUT2D eigenvalue weighted by Crippen LogP contribution is -2.27. The first kappa shape index (κ1) is 13.3. The molecule has 1 aromatic carbocycles. The zero-order chi connectivity index (χ0) is 13.1. The highest BCUT2D eigenvalue weighted by Gasteiger charge is 2.25. The first-order chi connectivity index (χ1) is 8.59. The average Bonchev–Trinajstić information content (AvgIpc) is 2.39. The lowest BCUT2D eigenvalue weighted by Gasteiger charge is -2.28. The molecule has 1 aliphatic heterocycles. The molecule has 2 rings (SSSR count). The number of nitro benzene ring substituents is 1. The van der Waals surface area contributed by atoms with Crippen LogP contribution in [0, 0.1) is 16.0 Å². The second-order valence-electron chi connectivity index (χ2n) is 4.44. The lowest BCUT2D eigenvalue weighted by molar-refractivity contribution is -0.384. The van der Waals surface area contributed by atoms with Crippen molar-refractivity contribution in [2.75, 3.05) is 13.2 Å². The molecule has 98 valence electrons. The van der Waals surface area contributed by atoms with Crippen LogP contribution in [0.3, 0.4) is 0 Å². The molecule has 0 amide bonds. The van der Waals surface area contributed by atoms with Crippen LogP contribution in [0.1, 0.15) is 24.4 Å². The van der Waals surface area contributed by atoms with Crippen LogP contribution in [-0.2, 0) is 4.74 Å². The van der Waals surface area contributed by atoms with E-state index in [1.54, 1.807) is 0 Å². The molecule has 1 atom stereocenters. The first-order valence-electron chi connectivity index (χ1n) is 5.86. The van der Waals surface area contributed by atoms with Gasteiger partial charge in [0, 0.05) is 36.4 Å². The van der Waals surface area contributed by atoms with Crippen molar-refractivity contribution in [2.24, 2.45) is 11.7 Å². The van der Waals surface area contributed by atoms with E-state index in [2.05, 4.69) is 0 Å². The zero-order valence-electron chi connectivity index (χ0n) is 9.84. The van der Waals surface area contributed by atoms with E-state index >= 15 is 0 Å². The fourth-order valence-corrected chi connectivity index (χ4v) is 2.47. The quantitative estimate of drug-likeness (QED) is 0.676. The van der Waals surface area contributed by atoms with Gasteiger partial charge in [0.15, 0.2) is 0 Å². The molecule has 0 radical (unpaired) electrons. The molecule has 6 heteroatoms. The lowest BCUT2D eigenvalue weighted by atomic mass is 9.87. The molecule has 18 heavy (non-hydrogen) atoms. The van der Waals surface area contributed by atoms with Crippen molar-refractivity contribution in [3.63, 3.8) is 0 Å². The Morgan fingerprint density at radius 1 is 1.44 bits per heavy atom. The molecule has 1 fully saturated rings. The second-order valence-corrected chi connectivity index (χ2v) is 4.85. The summed E-state index contributed by atoms with van der Waals surface area (Å²) in [6.07, 6.45) is 1.72. The van der Waals surface area contributed by atoms with Crippen LogP contribution in [0.15, 0.2) is 18.2 Å². The van der Waals surface area contributed by atoms with E-state index in [9.17, 15) is 10.1 Å². The minimum atomic E-state index is -0.434. The summed E-state index contributed by atoms with van der Waals surface area (Å²) in [7, 11) is 0. The van der Waals surface area contributed by atoms with Crippen molar-refractivity contribution in [3.05, 3.63) is 38.9 Å². The van der Waals surface area contributed by atoms with Crippen molar-refractivity contribution in [3.8, 4) is 0 Å². The van der Waals surface area contributed by atoms with Crippen molar-refractivity contribution in [1.82, 2.24) is 0 Å². The Kier molecular flexibility index (Phi) is 4.16. The number of halogens is 1. The highest BCUT2D eigenvalue weighted by atomic mass is 35.5. The number of non-ortho nitro benzene ring substituents is 1. The van der Waals surface area contributed by atoms with Gasteiger partial charge in [-0.2, -0.15) is 0 Å². The number of nitrogens with two attached hydrogens (primary N) is 1. The molecule has 0 saturated carbocycles. The predicted molar refractivity (Wildman–Crippen MR) is 68.6 cm³/mol. The van der Waals surface area contributed by atoms with Gasteiger partial charge < -0.3 is 10.5 Å². The predicted octanol–water partition coefficient (Wildman–Crippen LogP) is 2.67. The second kappa shape index (κ2) is 5.65. The van der Waals surface area contributed by atoms with Gasteiger partial charge >= 0.3 is 0 Å². The molecule has 1 aromatic rings. The summed E-state index contributed by atoms with van der Waals surface area (Å²) in [6.45, 7) is 1.37. The Bertz CT molecular complexity index is 447. The Labute approximate surface area is 110 Å². The summed E-state index contributed by atoms with van der Waals surface area (Å²) in [5.41, 5.74) is 6.85. The van der Waals surface area contributed by atoms with E-state index < -0.39 is 4.92 Å². The molecule has 1 aliphatic rings. The first-order valence-corrected chi connectivity index (χ1v) is 6.24. The molecule has 0 bridgehead atoms. The smallest absolute Gasteiger partial charge is 0.269 e. The Morgan fingerprint density at radius 3 is 2.72 bits per heavy atom. The molecule has 0 aliphatic carbocycles. The van der Waals surface area contributed by atoms with Gasteiger partial charge in [-0.25, -0.2) is 0 Å². The molecular weight excluding hydrogens is 256 g/mol. The third-order valence-electron chi connectivity index (χ3n) is 3.32. The molecule has 1 saturated heterocycles. The number of benzene rings is 1.